The van der Waals surface area contributed by atoms with Gasteiger partial charge in [0.2, 0.25) is 0 Å². The molecule has 0 radical (unpaired) electrons. The fourth-order valence-electron chi connectivity index (χ4n) is 1.35. The molecule has 1 rings (SSSR count). The highest BCUT2D eigenvalue weighted by Crippen LogP contribution is 2.06. The molecule has 0 aromatic carbocycles. The van der Waals surface area contributed by atoms with Gasteiger partial charge in [-0.2, -0.15) is 0 Å². The maximum Gasteiger partial charge on any atom is 0.0948 e. The van der Waals surface area contributed by atoms with Gasteiger partial charge < -0.3 is 10.4 Å². The molecule has 0 amide bonds. The Morgan fingerprint density at radius 2 is 2.00 bits per heavy atom. The van der Waals surface area contributed by atoms with Crippen molar-refractivity contribution >= 4 is 0 Å². The Hall–Kier alpha value is -0.700. The third kappa shape index (κ3) is 3.28. The van der Waals surface area contributed by atoms with E-state index in [0.29, 0.717) is 0 Å². The van der Waals surface area contributed by atoms with Crippen LogP contribution in [0.5, 0.6) is 0 Å². The van der Waals surface area contributed by atoms with Crippen LogP contribution in [0.25, 0.3) is 0 Å². The maximum atomic E-state index is 8.33. The molecule has 0 aromatic heterocycles. The number of aliphatic hydroxyl groups is 1. The minimum atomic E-state index is 0.858. The molecule has 11 heavy (non-hydrogen) atoms. The summed E-state index contributed by atoms with van der Waals surface area (Å²) < 4.78 is 0. The van der Waals surface area contributed by atoms with Crippen LogP contribution in [0.2, 0.25) is 0 Å². The minimum Gasteiger partial charge on any atom is -0.514 e. The lowest BCUT2D eigenvalue weighted by Gasteiger charge is -2.25. The molecule has 0 spiro atoms. The molecule has 0 aliphatic carbocycles. The summed E-state index contributed by atoms with van der Waals surface area (Å²) >= 11 is 0. The average Bonchev–Trinajstić information content (AvgIpc) is 2.07. The molecule has 1 fully saturated rings. The summed E-state index contributed by atoms with van der Waals surface area (Å²) in [5.41, 5.74) is 0. The van der Waals surface area contributed by atoms with Gasteiger partial charge in [0.15, 0.2) is 0 Å². The number of hydrogen-bond acceptors (Lipinski definition) is 3. The summed E-state index contributed by atoms with van der Waals surface area (Å²) in [6.45, 7) is 3.23. The Morgan fingerprint density at radius 3 is 2.64 bits per heavy atom. The van der Waals surface area contributed by atoms with E-state index in [2.05, 4.69) is 10.2 Å². The number of nitrogens with one attached hydrogen (secondary N) is 1. The second kappa shape index (κ2) is 5.02. The van der Waals surface area contributed by atoms with E-state index in [9.17, 15) is 0 Å². The number of likely N-dealkylation sites (tertiary alicyclic amines) is 1. The third-order valence-corrected chi connectivity index (χ3v) is 1.96. The van der Waals surface area contributed by atoms with Gasteiger partial charge in [-0.15, -0.1) is 0 Å². The van der Waals surface area contributed by atoms with E-state index < -0.39 is 0 Å². The average molecular weight is 156 g/mol. The second-order valence-electron chi connectivity index (χ2n) is 2.86. The van der Waals surface area contributed by atoms with Crippen molar-refractivity contribution in [3.05, 3.63) is 12.5 Å². The second-order valence-corrected chi connectivity index (χ2v) is 2.86. The first-order chi connectivity index (χ1) is 5.43. The minimum absolute atomic E-state index is 0.858. The molecule has 0 saturated carbocycles. The summed E-state index contributed by atoms with van der Waals surface area (Å²) in [5, 5.41) is 11.3. The summed E-state index contributed by atoms with van der Waals surface area (Å²) in [5.74, 6) is 0. The van der Waals surface area contributed by atoms with Crippen LogP contribution < -0.4 is 5.32 Å². The highest BCUT2D eigenvalue weighted by molar-refractivity contribution is 4.70. The lowest BCUT2D eigenvalue weighted by Crippen LogP contribution is -2.35. The first-order valence-corrected chi connectivity index (χ1v) is 4.18. The number of aliphatic hydroxyl groups excluding tert-OH is 1. The Kier molecular flexibility index (Phi) is 3.83. The molecule has 0 atom stereocenters. The molecule has 1 heterocycles. The monoisotopic (exact) mass is 156 g/mol. The maximum absolute atomic E-state index is 8.33. The fraction of sp³-hybridized carbons (Fsp3) is 0.750. The Bertz CT molecular complexity index is 119. The zero-order chi connectivity index (χ0) is 7.94. The predicted octanol–water partition coefficient (Wildman–Crippen LogP) is 1.05. The zero-order valence-corrected chi connectivity index (χ0v) is 6.79. The van der Waals surface area contributed by atoms with E-state index in [0.717, 1.165) is 12.9 Å². The van der Waals surface area contributed by atoms with Crippen molar-refractivity contribution in [3.63, 3.8) is 0 Å². The number of rotatable bonds is 3. The molecular formula is C8H16N2O. The van der Waals surface area contributed by atoms with Crippen molar-refractivity contribution in [3.8, 4) is 0 Å². The normalized spacial score (nSPS) is 20.7. The molecule has 1 aliphatic heterocycles. The molecule has 64 valence electrons. The van der Waals surface area contributed by atoms with Crippen molar-refractivity contribution < 1.29 is 5.11 Å². The molecule has 0 bridgehead atoms. The standard InChI is InChI=1S/C8H16N2O/c11-7-4-9-8-10-5-2-1-3-6-10/h4,7,9,11H,1-3,5-6,8H2. The van der Waals surface area contributed by atoms with Crippen LogP contribution in [0.1, 0.15) is 19.3 Å². The van der Waals surface area contributed by atoms with E-state index in [-0.39, 0.29) is 0 Å². The number of hydrogen-bond donors (Lipinski definition) is 2. The molecule has 0 aromatic rings. The van der Waals surface area contributed by atoms with E-state index in [1.807, 2.05) is 0 Å². The van der Waals surface area contributed by atoms with E-state index in [4.69, 9.17) is 5.11 Å². The van der Waals surface area contributed by atoms with Gasteiger partial charge in [-0.25, -0.2) is 0 Å². The van der Waals surface area contributed by atoms with Crippen molar-refractivity contribution in [2.24, 2.45) is 0 Å². The summed E-state index contributed by atoms with van der Waals surface area (Å²) in [7, 11) is 0. The molecule has 2 N–H and O–H groups in total. The van der Waals surface area contributed by atoms with Crippen LogP contribution in [0.4, 0.5) is 0 Å². The lowest BCUT2D eigenvalue weighted by molar-refractivity contribution is 0.221. The Balaban J connectivity index is 2.04. The van der Waals surface area contributed by atoms with Crippen LogP contribution in [0.15, 0.2) is 12.5 Å². The van der Waals surface area contributed by atoms with E-state index >= 15 is 0 Å². The lowest BCUT2D eigenvalue weighted by atomic mass is 10.1. The summed E-state index contributed by atoms with van der Waals surface area (Å²) in [6.07, 6.45) is 6.58. The molecule has 1 saturated heterocycles. The molecule has 1 aliphatic rings. The van der Waals surface area contributed by atoms with Gasteiger partial charge in [0.1, 0.15) is 0 Å². The van der Waals surface area contributed by atoms with Gasteiger partial charge in [0.25, 0.3) is 0 Å². The van der Waals surface area contributed by atoms with Gasteiger partial charge in [0, 0.05) is 6.20 Å². The summed E-state index contributed by atoms with van der Waals surface area (Å²) in [6, 6.07) is 0. The number of piperidine rings is 1. The van der Waals surface area contributed by atoms with Crippen LogP contribution in [0.3, 0.4) is 0 Å². The molecule has 0 unspecified atom stereocenters. The first-order valence-electron chi connectivity index (χ1n) is 4.18. The van der Waals surface area contributed by atoms with E-state index in [1.54, 1.807) is 6.20 Å². The Morgan fingerprint density at radius 1 is 1.27 bits per heavy atom. The topological polar surface area (TPSA) is 35.5 Å². The molecular weight excluding hydrogens is 140 g/mol. The van der Waals surface area contributed by atoms with Crippen molar-refractivity contribution in [2.75, 3.05) is 19.8 Å². The third-order valence-electron chi connectivity index (χ3n) is 1.96. The van der Waals surface area contributed by atoms with Crippen LogP contribution >= 0.6 is 0 Å². The SMILES string of the molecule is OC=CNCN1CCCCC1. The quantitative estimate of drug-likeness (QED) is 0.599. The summed E-state index contributed by atoms with van der Waals surface area (Å²) in [4.78, 5) is 2.35. The van der Waals surface area contributed by atoms with E-state index in [1.165, 1.54) is 32.4 Å². The predicted molar refractivity (Wildman–Crippen MR) is 45.2 cm³/mol. The highest BCUT2D eigenvalue weighted by atomic mass is 16.2. The van der Waals surface area contributed by atoms with Gasteiger partial charge in [-0.05, 0) is 25.9 Å². The molecule has 3 nitrogen and oxygen atoms in total. The van der Waals surface area contributed by atoms with Gasteiger partial charge in [0.05, 0.1) is 12.9 Å². The zero-order valence-electron chi connectivity index (χ0n) is 6.79. The highest BCUT2D eigenvalue weighted by Gasteiger charge is 2.07. The largest absolute Gasteiger partial charge is 0.514 e. The van der Waals surface area contributed by atoms with Crippen LogP contribution in [-0.4, -0.2) is 29.8 Å². The van der Waals surface area contributed by atoms with Gasteiger partial charge >= 0.3 is 0 Å². The fourth-order valence-corrected chi connectivity index (χ4v) is 1.35. The smallest absolute Gasteiger partial charge is 0.0948 e. The van der Waals surface area contributed by atoms with Crippen molar-refractivity contribution in [1.29, 1.82) is 0 Å². The van der Waals surface area contributed by atoms with Gasteiger partial charge in [-0.3, -0.25) is 4.90 Å². The van der Waals surface area contributed by atoms with Gasteiger partial charge in [-0.1, -0.05) is 6.42 Å². The molecule has 3 heteroatoms. The van der Waals surface area contributed by atoms with Crippen LogP contribution in [-0.2, 0) is 0 Å². The van der Waals surface area contributed by atoms with Crippen molar-refractivity contribution in [1.82, 2.24) is 10.2 Å². The van der Waals surface area contributed by atoms with Crippen LogP contribution in [0, 0.1) is 0 Å². The van der Waals surface area contributed by atoms with Crippen molar-refractivity contribution in [2.45, 2.75) is 19.3 Å². The number of nitrogens with zero attached hydrogens (tertiary/aromatic N) is 1. The Labute approximate surface area is 67.7 Å². The first kappa shape index (κ1) is 8.40.